The second-order valence-electron chi connectivity index (χ2n) is 5.05. The van der Waals surface area contributed by atoms with Crippen LogP contribution in [0.1, 0.15) is 44.7 Å². The van der Waals surface area contributed by atoms with Crippen LogP contribution in [0.15, 0.2) is 9.68 Å². The lowest BCUT2D eigenvalue weighted by Crippen LogP contribution is -2.13. The first-order valence-corrected chi connectivity index (χ1v) is 6.49. The molecule has 18 heavy (non-hydrogen) atoms. The zero-order valence-electron chi connectivity index (χ0n) is 11.1. The Morgan fingerprint density at radius 1 is 1.33 bits per heavy atom. The number of tetrazole rings is 1. The maximum Gasteiger partial charge on any atom is 0.239 e. The minimum absolute atomic E-state index is 0.0123. The fourth-order valence-corrected chi connectivity index (χ4v) is 2.02. The van der Waals surface area contributed by atoms with Crippen LogP contribution in [0, 0.1) is 0 Å². The summed E-state index contributed by atoms with van der Waals surface area (Å²) < 4.78 is 6.90. The third-order valence-electron chi connectivity index (χ3n) is 2.32. The van der Waals surface area contributed by atoms with E-state index >= 15 is 0 Å². The van der Waals surface area contributed by atoms with Crippen LogP contribution in [0.5, 0.6) is 0 Å². The van der Waals surface area contributed by atoms with Gasteiger partial charge in [-0.3, -0.25) is 0 Å². The van der Waals surface area contributed by atoms with Crippen LogP contribution in [0.3, 0.4) is 0 Å². The summed E-state index contributed by atoms with van der Waals surface area (Å²) in [5, 5.41) is 16.0. The number of rotatable bonds is 3. The van der Waals surface area contributed by atoms with Gasteiger partial charge in [-0.25, -0.2) is 4.68 Å². The van der Waals surface area contributed by atoms with Gasteiger partial charge in [-0.15, -0.1) is 5.10 Å². The highest BCUT2D eigenvalue weighted by Gasteiger charge is 2.24. The number of nitrogens with zero attached hydrogens (tertiary/aromatic N) is 6. The number of aryl methyl sites for hydroxylation is 1. The molecule has 0 bridgehead atoms. The molecule has 0 aliphatic carbocycles. The highest BCUT2D eigenvalue weighted by molar-refractivity contribution is 7.99. The molecule has 0 fully saturated rings. The standard InChI is InChI=1S/C10H16N6OS/c1-6(18-9-12-14-15-16(9)5)7-11-8(13-17-7)10(2,3)4/h6H,1-5H3. The SMILES string of the molecule is CC(Sc1nnnn1C)c1nc(C(C)(C)C)no1. The number of thioether (sulfide) groups is 1. The number of hydrogen-bond donors (Lipinski definition) is 0. The molecule has 1 unspecified atom stereocenters. The summed E-state index contributed by atoms with van der Waals surface area (Å²) >= 11 is 1.48. The minimum Gasteiger partial charge on any atom is -0.338 e. The first-order valence-electron chi connectivity index (χ1n) is 5.61. The molecule has 0 saturated carbocycles. The van der Waals surface area contributed by atoms with Gasteiger partial charge in [0.1, 0.15) is 0 Å². The van der Waals surface area contributed by atoms with Gasteiger partial charge < -0.3 is 4.52 Å². The molecular weight excluding hydrogens is 252 g/mol. The predicted octanol–water partition coefficient (Wildman–Crippen LogP) is 1.74. The van der Waals surface area contributed by atoms with Crippen molar-refractivity contribution in [2.24, 2.45) is 7.05 Å². The minimum atomic E-state index is -0.113. The van der Waals surface area contributed by atoms with Crippen molar-refractivity contribution in [2.45, 2.75) is 43.5 Å². The van der Waals surface area contributed by atoms with Crippen molar-refractivity contribution in [1.82, 2.24) is 30.3 Å². The predicted molar refractivity (Wildman–Crippen MR) is 66.1 cm³/mol. The van der Waals surface area contributed by atoms with E-state index in [1.807, 2.05) is 27.7 Å². The van der Waals surface area contributed by atoms with E-state index < -0.39 is 0 Å². The van der Waals surface area contributed by atoms with E-state index in [4.69, 9.17) is 4.52 Å². The van der Waals surface area contributed by atoms with Crippen molar-refractivity contribution in [3.8, 4) is 0 Å². The van der Waals surface area contributed by atoms with Crippen LogP contribution in [-0.2, 0) is 12.5 Å². The van der Waals surface area contributed by atoms with Gasteiger partial charge in [0, 0.05) is 12.5 Å². The van der Waals surface area contributed by atoms with Gasteiger partial charge in [-0.1, -0.05) is 37.7 Å². The molecule has 0 aromatic carbocycles. The molecule has 2 aromatic heterocycles. The lowest BCUT2D eigenvalue weighted by Gasteiger charge is -2.11. The smallest absolute Gasteiger partial charge is 0.239 e. The monoisotopic (exact) mass is 268 g/mol. The molecule has 2 aromatic rings. The van der Waals surface area contributed by atoms with Crippen LogP contribution in [0.2, 0.25) is 0 Å². The molecule has 0 amide bonds. The summed E-state index contributed by atoms with van der Waals surface area (Å²) in [7, 11) is 1.80. The van der Waals surface area contributed by atoms with Crippen molar-refractivity contribution in [2.75, 3.05) is 0 Å². The van der Waals surface area contributed by atoms with E-state index in [-0.39, 0.29) is 10.7 Å². The molecule has 0 aliphatic heterocycles. The van der Waals surface area contributed by atoms with Crippen molar-refractivity contribution >= 4 is 11.8 Å². The highest BCUT2D eigenvalue weighted by Crippen LogP contribution is 2.32. The highest BCUT2D eigenvalue weighted by atomic mass is 32.2. The fourth-order valence-electron chi connectivity index (χ4n) is 1.23. The lowest BCUT2D eigenvalue weighted by molar-refractivity contribution is 0.364. The van der Waals surface area contributed by atoms with Crippen LogP contribution >= 0.6 is 11.8 Å². The Morgan fingerprint density at radius 2 is 2.06 bits per heavy atom. The number of hydrogen-bond acceptors (Lipinski definition) is 7. The van der Waals surface area contributed by atoms with Gasteiger partial charge in [-0.05, 0) is 17.4 Å². The lowest BCUT2D eigenvalue weighted by atomic mass is 9.96. The summed E-state index contributed by atoms with van der Waals surface area (Å²) in [4.78, 5) is 4.42. The van der Waals surface area contributed by atoms with E-state index in [2.05, 4.69) is 25.7 Å². The Bertz CT molecular complexity index is 528. The van der Waals surface area contributed by atoms with Crippen LogP contribution < -0.4 is 0 Å². The molecule has 0 radical (unpaired) electrons. The molecule has 0 aliphatic rings. The van der Waals surface area contributed by atoms with Crippen LogP contribution in [-0.4, -0.2) is 30.3 Å². The second-order valence-corrected chi connectivity index (χ2v) is 6.36. The van der Waals surface area contributed by atoms with Gasteiger partial charge in [0.25, 0.3) is 0 Å². The first-order chi connectivity index (χ1) is 8.38. The average molecular weight is 268 g/mol. The Hall–Kier alpha value is -1.44. The number of aromatic nitrogens is 6. The van der Waals surface area contributed by atoms with Gasteiger partial charge >= 0.3 is 0 Å². The maximum absolute atomic E-state index is 5.28. The molecule has 1 atom stereocenters. The van der Waals surface area contributed by atoms with E-state index in [0.717, 1.165) is 5.16 Å². The van der Waals surface area contributed by atoms with Crippen molar-refractivity contribution in [3.05, 3.63) is 11.7 Å². The van der Waals surface area contributed by atoms with E-state index in [1.54, 1.807) is 11.7 Å². The van der Waals surface area contributed by atoms with Crippen molar-refractivity contribution in [1.29, 1.82) is 0 Å². The summed E-state index contributed by atoms with van der Waals surface area (Å²) in [6.45, 7) is 8.13. The van der Waals surface area contributed by atoms with Crippen LogP contribution in [0.4, 0.5) is 0 Å². The third kappa shape index (κ3) is 2.69. The molecule has 2 heterocycles. The average Bonchev–Trinajstić information content (AvgIpc) is 2.87. The van der Waals surface area contributed by atoms with E-state index in [0.29, 0.717) is 11.7 Å². The van der Waals surface area contributed by atoms with Gasteiger partial charge in [0.15, 0.2) is 5.82 Å². The zero-order chi connectivity index (χ0) is 13.3. The molecular formula is C10H16N6OS. The quantitative estimate of drug-likeness (QED) is 0.784. The molecule has 7 nitrogen and oxygen atoms in total. The Labute approximate surface area is 109 Å². The van der Waals surface area contributed by atoms with E-state index in [1.165, 1.54) is 11.8 Å². The normalized spacial score (nSPS) is 13.8. The molecule has 8 heteroatoms. The summed E-state index contributed by atoms with van der Waals surface area (Å²) in [5.41, 5.74) is -0.113. The Balaban J connectivity index is 2.12. The first kappa shape index (κ1) is 13.0. The zero-order valence-corrected chi connectivity index (χ0v) is 11.9. The van der Waals surface area contributed by atoms with Crippen molar-refractivity contribution in [3.63, 3.8) is 0 Å². The molecule has 0 spiro atoms. The fraction of sp³-hybridized carbons (Fsp3) is 0.700. The molecule has 0 N–H and O–H groups in total. The van der Waals surface area contributed by atoms with Gasteiger partial charge in [0.2, 0.25) is 11.0 Å². The van der Waals surface area contributed by atoms with Crippen LogP contribution in [0.25, 0.3) is 0 Å². The van der Waals surface area contributed by atoms with E-state index in [9.17, 15) is 0 Å². The summed E-state index contributed by atoms with van der Waals surface area (Å²) in [6.07, 6.45) is 0. The maximum atomic E-state index is 5.28. The van der Waals surface area contributed by atoms with Crippen molar-refractivity contribution < 1.29 is 4.52 Å². The Kier molecular flexibility index (Phi) is 3.38. The molecule has 2 rings (SSSR count). The van der Waals surface area contributed by atoms with Gasteiger partial charge in [-0.2, -0.15) is 4.98 Å². The topological polar surface area (TPSA) is 82.5 Å². The third-order valence-corrected chi connectivity index (χ3v) is 3.44. The largest absolute Gasteiger partial charge is 0.338 e. The molecule has 0 saturated heterocycles. The van der Waals surface area contributed by atoms with Gasteiger partial charge in [0.05, 0.1) is 5.25 Å². The Morgan fingerprint density at radius 3 is 2.56 bits per heavy atom. The summed E-state index contributed by atoms with van der Waals surface area (Å²) in [5.74, 6) is 1.30. The molecule has 98 valence electrons. The second kappa shape index (κ2) is 4.68. The summed E-state index contributed by atoms with van der Waals surface area (Å²) in [6, 6.07) is 0.